The number of hydrogen-bond donors (Lipinski definition) is 3. The van der Waals surface area contributed by atoms with E-state index in [0.29, 0.717) is 24.1 Å². The van der Waals surface area contributed by atoms with E-state index < -0.39 is 11.9 Å². The predicted octanol–water partition coefficient (Wildman–Crippen LogP) is 1.47. The summed E-state index contributed by atoms with van der Waals surface area (Å²) < 4.78 is 0. The maximum Gasteiger partial charge on any atom is 0.328 e. The van der Waals surface area contributed by atoms with Crippen LogP contribution in [0.2, 0.25) is 0 Å². The first-order valence-corrected chi connectivity index (χ1v) is 7.58. The smallest absolute Gasteiger partial charge is 0.328 e. The summed E-state index contributed by atoms with van der Waals surface area (Å²) in [5.74, 6) is -2.07. The Hall–Kier alpha value is -2.54. The van der Waals surface area contributed by atoms with Gasteiger partial charge < -0.3 is 20.2 Å². The Kier molecular flexibility index (Phi) is 4.84. The van der Waals surface area contributed by atoms with E-state index in [9.17, 15) is 14.7 Å². The molecule has 2 aliphatic heterocycles. The molecule has 1 fully saturated rings. The van der Waals surface area contributed by atoms with Crippen LogP contribution in [0.5, 0.6) is 5.75 Å². The van der Waals surface area contributed by atoms with Crippen molar-refractivity contribution >= 4 is 17.6 Å². The first-order valence-electron chi connectivity index (χ1n) is 7.58. The van der Waals surface area contributed by atoms with Crippen LogP contribution in [0, 0.1) is 0 Å². The fraction of sp³-hybridized carbons (Fsp3) is 0.412. The number of aromatic hydroxyl groups is 1. The molecule has 0 spiro atoms. The minimum Gasteiger partial charge on any atom is -0.508 e. The molecule has 0 unspecified atom stereocenters. The second-order valence-electron chi connectivity index (χ2n) is 6.31. The first-order chi connectivity index (χ1) is 11.2. The van der Waals surface area contributed by atoms with Gasteiger partial charge in [0.2, 0.25) is 0 Å². The van der Waals surface area contributed by atoms with Gasteiger partial charge in [-0.05, 0) is 25.6 Å². The van der Waals surface area contributed by atoms with Crippen molar-refractivity contribution in [2.75, 3.05) is 25.5 Å². The third kappa shape index (κ3) is 3.07. The Morgan fingerprint density at radius 1 is 1.21 bits per heavy atom. The molecule has 1 aromatic rings. The molecular weight excluding hydrogens is 312 g/mol. The van der Waals surface area contributed by atoms with Crippen molar-refractivity contribution in [3.8, 4) is 5.75 Å². The zero-order valence-electron chi connectivity index (χ0n) is 13.9. The second-order valence-corrected chi connectivity index (χ2v) is 6.31. The van der Waals surface area contributed by atoms with Gasteiger partial charge >= 0.3 is 11.9 Å². The summed E-state index contributed by atoms with van der Waals surface area (Å²) in [6.45, 7) is 3.36. The molecule has 0 radical (unpaired) electrons. The molecule has 2 heterocycles. The number of carboxylic acids is 2. The van der Waals surface area contributed by atoms with Gasteiger partial charge in [0, 0.05) is 42.4 Å². The van der Waals surface area contributed by atoms with Crippen LogP contribution in [-0.2, 0) is 15.0 Å². The maximum absolute atomic E-state index is 10.1. The number of phenolic OH excluding ortho intramolecular Hbond substituents is 1. The van der Waals surface area contributed by atoms with Crippen LogP contribution < -0.4 is 4.90 Å². The molecule has 3 N–H and O–H groups in total. The highest BCUT2D eigenvalue weighted by Crippen LogP contribution is 2.53. The molecule has 0 saturated carbocycles. The van der Waals surface area contributed by atoms with E-state index in [1.165, 1.54) is 5.69 Å². The lowest BCUT2D eigenvalue weighted by Gasteiger charge is -2.32. The van der Waals surface area contributed by atoms with Crippen molar-refractivity contribution in [2.45, 2.75) is 24.9 Å². The average Bonchev–Trinajstić information content (AvgIpc) is 2.92. The molecule has 2 aliphatic rings. The van der Waals surface area contributed by atoms with Crippen molar-refractivity contribution in [1.29, 1.82) is 0 Å². The zero-order valence-corrected chi connectivity index (χ0v) is 13.9. The second kappa shape index (κ2) is 6.52. The molecule has 0 amide bonds. The summed E-state index contributed by atoms with van der Waals surface area (Å²) in [6.07, 6.45) is 2.61. The fourth-order valence-corrected chi connectivity index (χ4v) is 3.81. The number of benzene rings is 1. The van der Waals surface area contributed by atoms with Crippen molar-refractivity contribution in [3.05, 3.63) is 35.9 Å². The van der Waals surface area contributed by atoms with E-state index in [2.05, 4.69) is 36.9 Å². The van der Waals surface area contributed by atoms with Gasteiger partial charge in [-0.1, -0.05) is 13.0 Å². The zero-order chi connectivity index (χ0) is 18.1. The quantitative estimate of drug-likeness (QED) is 0.704. The number of aliphatic carboxylic acids is 2. The van der Waals surface area contributed by atoms with Crippen LogP contribution in [-0.4, -0.2) is 59.0 Å². The number of phenols is 1. The van der Waals surface area contributed by atoms with Gasteiger partial charge in [0.15, 0.2) is 0 Å². The van der Waals surface area contributed by atoms with Crippen molar-refractivity contribution in [2.24, 2.45) is 0 Å². The van der Waals surface area contributed by atoms with Crippen LogP contribution in [0.15, 0.2) is 30.4 Å². The molecule has 7 heteroatoms. The number of likely N-dealkylation sites (tertiary alicyclic amines) is 1. The predicted molar refractivity (Wildman–Crippen MR) is 89.3 cm³/mol. The number of anilines is 1. The van der Waals surface area contributed by atoms with E-state index in [1.807, 2.05) is 6.07 Å². The third-order valence-corrected chi connectivity index (χ3v) is 4.68. The van der Waals surface area contributed by atoms with E-state index in [-0.39, 0.29) is 5.41 Å². The number of carbonyl (C=O) groups is 2. The summed E-state index contributed by atoms with van der Waals surface area (Å²) in [4.78, 5) is 23.8. The summed E-state index contributed by atoms with van der Waals surface area (Å²) in [5, 5.41) is 25.7. The Balaban J connectivity index is 0.000000224. The Labute approximate surface area is 140 Å². The molecule has 0 bridgehead atoms. The molecule has 7 nitrogen and oxygen atoms in total. The Morgan fingerprint density at radius 3 is 2.33 bits per heavy atom. The Bertz CT molecular complexity index is 672. The molecule has 130 valence electrons. The number of rotatable bonds is 2. The van der Waals surface area contributed by atoms with E-state index in [0.717, 1.165) is 18.5 Å². The summed E-state index contributed by atoms with van der Waals surface area (Å²) in [5.41, 5.74) is 2.38. The molecule has 24 heavy (non-hydrogen) atoms. The monoisotopic (exact) mass is 334 g/mol. The van der Waals surface area contributed by atoms with Gasteiger partial charge in [-0.3, -0.25) is 4.90 Å². The van der Waals surface area contributed by atoms with Crippen LogP contribution in [0.4, 0.5) is 5.69 Å². The Morgan fingerprint density at radius 2 is 1.79 bits per heavy atom. The number of likely N-dealkylation sites (N-methyl/N-ethyl adjacent to an activating group) is 2. The highest BCUT2D eigenvalue weighted by atomic mass is 16.4. The topological polar surface area (TPSA) is 101 Å². The summed E-state index contributed by atoms with van der Waals surface area (Å²) >= 11 is 0. The lowest BCUT2D eigenvalue weighted by molar-refractivity contribution is -0.134. The lowest BCUT2D eigenvalue weighted by atomic mass is 9.81. The third-order valence-electron chi connectivity index (χ3n) is 4.68. The van der Waals surface area contributed by atoms with Crippen LogP contribution >= 0.6 is 0 Å². The van der Waals surface area contributed by atoms with Gasteiger partial charge in [0.1, 0.15) is 5.75 Å². The van der Waals surface area contributed by atoms with E-state index in [1.54, 1.807) is 6.07 Å². The normalized spacial score (nSPS) is 25.1. The minimum atomic E-state index is -1.26. The molecule has 0 aromatic heterocycles. The molecule has 3 rings (SSSR count). The SMILES string of the molecule is CN1CC[C@]2(C)c3c(O)cccc3N(C)[C@H]12.O=C(O)/C=C/C(=O)O. The van der Waals surface area contributed by atoms with Gasteiger partial charge in [-0.2, -0.15) is 0 Å². The number of carboxylic acid groups (broad SMARTS) is 2. The number of hydrogen-bond acceptors (Lipinski definition) is 5. The van der Waals surface area contributed by atoms with Gasteiger partial charge in [0.25, 0.3) is 0 Å². The van der Waals surface area contributed by atoms with E-state index >= 15 is 0 Å². The molecule has 2 atom stereocenters. The van der Waals surface area contributed by atoms with Crippen LogP contribution in [0.3, 0.4) is 0 Å². The number of fused-ring (bicyclic) bond motifs is 3. The maximum atomic E-state index is 10.1. The highest BCUT2D eigenvalue weighted by Gasteiger charge is 2.53. The molecule has 1 saturated heterocycles. The lowest BCUT2D eigenvalue weighted by Crippen LogP contribution is -2.45. The minimum absolute atomic E-state index is 0.0736. The fourth-order valence-electron chi connectivity index (χ4n) is 3.81. The van der Waals surface area contributed by atoms with Gasteiger partial charge in [-0.15, -0.1) is 0 Å². The average molecular weight is 334 g/mol. The molecule has 0 aliphatic carbocycles. The highest BCUT2D eigenvalue weighted by molar-refractivity contribution is 5.89. The summed E-state index contributed by atoms with van der Waals surface area (Å²) in [6, 6.07) is 5.83. The van der Waals surface area contributed by atoms with Crippen molar-refractivity contribution < 1.29 is 24.9 Å². The van der Waals surface area contributed by atoms with Crippen LogP contribution in [0.1, 0.15) is 18.9 Å². The van der Waals surface area contributed by atoms with Gasteiger partial charge in [0.05, 0.1) is 6.17 Å². The first kappa shape index (κ1) is 17.8. The number of nitrogens with zero attached hydrogens (tertiary/aromatic N) is 2. The van der Waals surface area contributed by atoms with Gasteiger partial charge in [-0.25, -0.2) is 9.59 Å². The van der Waals surface area contributed by atoms with E-state index in [4.69, 9.17) is 10.2 Å². The standard InChI is InChI=1S/C13H18N2O.C4H4O4/c1-13-7-8-14(2)12(13)15(3)9-5-4-6-10(16)11(9)13;5-3(6)1-2-4(7)8/h4-6,12,16H,7-8H2,1-3H3;1-2H,(H,5,6)(H,7,8)/b;2-1+/t12-,13+;/m0./s1. The molecular formula is C17H22N2O5. The van der Waals surface area contributed by atoms with Crippen LogP contribution in [0.25, 0.3) is 0 Å². The van der Waals surface area contributed by atoms with Crippen molar-refractivity contribution in [1.82, 2.24) is 4.90 Å². The van der Waals surface area contributed by atoms with Crippen molar-refractivity contribution in [3.63, 3.8) is 0 Å². The molecule has 1 aromatic carbocycles. The summed E-state index contributed by atoms with van der Waals surface area (Å²) in [7, 11) is 4.28. The largest absolute Gasteiger partial charge is 0.508 e.